The molecule has 2 atom stereocenters. The minimum absolute atomic E-state index is 0.0536. The number of hydrogen-bond acceptors (Lipinski definition) is 4. The van der Waals surface area contributed by atoms with Crippen molar-refractivity contribution in [3.63, 3.8) is 0 Å². The molecule has 27 heavy (non-hydrogen) atoms. The molecule has 142 valence electrons. The van der Waals surface area contributed by atoms with Crippen LogP contribution in [0, 0.1) is 0 Å². The van der Waals surface area contributed by atoms with Crippen LogP contribution in [0.4, 0.5) is 4.79 Å². The van der Waals surface area contributed by atoms with Gasteiger partial charge in [0.15, 0.2) is 0 Å². The molecule has 0 aliphatic rings. The van der Waals surface area contributed by atoms with Gasteiger partial charge in [0.2, 0.25) is 11.8 Å². The van der Waals surface area contributed by atoms with Gasteiger partial charge in [-0.3, -0.25) is 9.59 Å². The molecule has 0 heterocycles. The third kappa shape index (κ3) is 6.81. The molecule has 2 rings (SSSR count). The van der Waals surface area contributed by atoms with Crippen molar-refractivity contribution in [1.29, 1.82) is 0 Å². The van der Waals surface area contributed by atoms with Crippen LogP contribution in [-0.4, -0.2) is 23.9 Å². The molecule has 2 aromatic carbocycles. The summed E-state index contributed by atoms with van der Waals surface area (Å²) >= 11 is 0. The van der Waals surface area contributed by atoms with E-state index in [9.17, 15) is 14.4 Å². The van der Waals surface area contributed by atoms with Gasteiger partial charge in [0, 0.05) is 0 Å². The lowest BCUT2D eigenvalue weighted by atomic mass is 10.1. The second-order valence-corrected chi connectivity index (χ2v) is 6.07. The Labute approximate surface area is 157 Å². The predicted molar refractivity (Wildman–Crippen MR) is 100 cm³/mol. The lowest BCUT2D eigenvalue weighted by molar-refractivity contribution is -0.127. The largest absolute Gasteiger partial charge is 0.445 e. The van der Waals surface area contributed by atoms with Crippen LogP contribution in [0.3, 0.4) is 0 Å². The number of ether oxygens (including phenoxy) is 1. The van der Waals surface area contributed by atoms with E-state index < -0.39 is 23.9 Å². The summed E-state index contributed by atoms with van der Waals surface area (Å²) in [7, 11) is 0. The molecule has 3 amide bonds. The molecule has 2 aromatic rings. The first kappa shape index (κ1) is 20.0. The summed E-state index contributed by atoms with van der Waals surface area (Å²) in [5.74, 6) is -1.22. The highest BCUT2D eigenvalue weighted by Gasteiger charge is 2.25. The van der Waals surface area contributed by atoms with Crippen LogP contribution in [0.2, 0.25) is 0 Å². The van der Waals surface area contributed by atoms with Gasteiger partial charge in [-0.05, 0) is 18.1 Å². The molecular weight excluding hydrogens is 346 g/mol. The van der Waals surface area contributed by atoms with E-state index in [0.29, 0.717) is 0 Å². The van der Waals surface area contributed by atoms with Crippen molar-refractivity contribution in [3.8, 4) is 0 Å². The highest BCUT2D eigenvalue weighted by molar-refractivity contribution is 5.90. The van der Waals surface area contributed by atoms with Gasteiger partial charge in [0.1, 0.15) is 12.6 Å². The maximum atomic E-state index is 12.5. The second kappa shape index (κ2) is 9.96. The van der Waals surface area contributed by atoms with Crippen molar-refractivity contribution in [2.24, 2.45) is 5.73 Å². The zero-order valence-corrected chi connectivity index (χ0v) is 15.1. The molecule has 0 saturated carbocycles. The molecule has 0 bridgehead atoms. The van der Waals surface area contributed by atoms with Crippen molar-refractivity contribution < 1.29 is 19.1 Å². The van der Waals surface area contributed by atoms with E-state index in [1.165, 1.54) is 0 Å². The number of alkyl carbamates (subject to hydrolysis) is 1. The Morgan fingerprint density at radius 3 is 2.15 bits per heavy atom. The maximum absolute atomic E-state index is 12.5. The first-order valence-electron chi connectivity index (χ1n) is 8.56. The number of benzene rings is 2. The van der Waals surface area contributed by atoms with E-state index in [4.69, 9.17) is 10.5 Å². The van der Waals surface area contributed by atoms with E-state index in [0.717, 1.165) is 11.1 Å². The minimum Gasteiger partial charge on any atom is -0.445 e. The maximum Gasteiger partial charge on any atom is 0.408 e. The smallest absolute Gasteiger partial charge is 0.408 e. The van der Waals surface area contributed by atoms with Gasteiger partial charge in [-0.15, -0.1) is 0 Å². The molecule has 0 aliphatic carbocycles. The lowest BCUT2D eigenvalue weighted by Crippen LogP contribution is -2.49. The first-order chi connectivity index (χ1) is 13.0. The van der Waals surface area contributed by atoms with Crippen LogP contribution in [0.1, 0.15) is 30.5 Å². The third-order valence-corrected chi connectivity index (χ3v) is 3.88. The normalized spacial score (nSPS) is 12.5. The van der Waals surface area contributed by atoms with Crippen molar-refractivity contribution in [2.75, 3.05) is 0 Å². The molecule has 7 nitrogen and oxygen atoms in total. The highest BCUT2D eigenvalue weighted by Crippen LogP contribution is 2.11. The summed E-state index contributed by atoms with van der Waals surface area (Å²) in [6, 6.07) is 17.0. The monoisotopic (exact) mass is 369 g/mol. The first-order valence-corrected chi connectivity index (χ1v) is 8.56. The molecular formula is C20H23N3O4. The molecule has 0 saturated heterocycles. The Morgan fingerprint density at radius 1 is 0.963 bits per heavy atom. The predicted octanol–water partition coefficient (Wildman–Crippen LogP) is 2.03. The van der Waals surface area contributed by atoms with Crippen LogP contribution in [0.25, 0.3) is 0 Å². The zero-order chi connectivity index (χ0) is 19.6. The van der Waals surface area contributed by atoms with Crippen LogP contribution in [0.5, 0.6) is 0 Å². The SMILES string of the molecule is CC(NC(=O)C(CC(N)=O)NC(=O)OCc1ccccc1)c1ccccc1. The summed E-state index contributed by atoms with van der Waals surface area (Å²) in [5.41, 5.74) is 6.91. The number of primary amides is 1. The fraction of sp³-hybridized carbons (Fsp3) is 0.250. The van der Waals surface area contributed by atoms with E-state index in [1.54, 1.807) is 0 Å². The quantitative estimate of drug-likeness (QED) is 0.661. The number of nitrogens with two attached hydrogens (primary N) is 1. The zero-order valence-electron chi connectivity index (χ0n) is 15.1. The van der Waals surface area contributed by atoms with Crippen LogP contribution in [0.15, 0.2) is 60.7 Å². The Hall–Kier alpha value is -3.35. The summed E-state index contributed by atoms with van der Waals surface area (Å²) in [6.45, 7) is 1.86. The van der Waals surface area contributed by atoms with Crippen LogP contribution in [-0.2, 0) is 20.9 Å². The van der Waals surface area contributed by atoms with Gasteiger partial charge in [0.05, 0.1) is 12.5 Å². The number of carbonyl (C=O) groups excluding carboxylic acids is 3. The van der Waals surface area contributed by atoms with Gasteiger partial charge >= 0.3 is 6.09 Å². The number of rotatable bonds is 8. The molecule has 2 unspecified atom stereocenters. The molecule has 0 radical (unpaired) electrons. The minimum atomic E-state index is -1.11. The highest BCUT2D eigenvalue weighted by atomic mass is 16.5. The number of nitrogens with one attached hydrogen (secondary N) is 2. The summed E-state index contributed by atoms with van der Waals surface area (Å²) in [5, 5.41) is 5.16. The fourth-order valence-electron chi connectivity index (χ4n) is 2.46. The van der Waals surface area contributed by atoms with E-state index >= 15 is 0 Å². The van der Waals surface area contributed by atoms with Gasteiger partial charge in [-0.2, -0.15) is 0 Å². The van der Waals surface area contributed by atoms with Gasteiger partial charge in [0.25, 0.3) is 0 Å². The third-order valence-electron chi connectivity index (χ3n) is 3.88. The fourth-order valence-corrected chi connectivity index (χ4v) is 2.46. The molecule has 4 N–H and O–H groups in total. The van der Waals surface area contributed by atoms with Crippen LogP contribution < -0.4 is 16.4 Å². The lowest BCUT2D eigenvalue weighted by Gasteiger charge is -2.20. The average Bonchev–Trinajstić information content (AvgIpc) is 2.67. The molecule has 0 aromatic heterocycles. The average molecular weight is 369 g/mol. The van der Waals surface area contributed by atoms with E-state index in [2.05, 4.69) is 10.6 Å². The van der Waals surface area contributed by atoms with Gasteiger partial charge in [-0.1, -0.05) is 60.7 Å². The molecule has 0 aliphatic heterocycles. The van der Waals surface area contributed by atoms with Crippen molar-refractivity contribution in [1.82, 2.24) is 10.6 Å². The standard InChI is InChI=1S/C20H23N3O4/c1-14(16-10-6-3-7-11-16)22-19(25)17(12-18(21)24)23-20(26)27-13-15-8-4-2-5-9-15/h2-11,14,17H,12-13H2,1H3,(H2,21,24)(H,22,25)(H,23,26). The van der Waals surface area contributed by atoms with Crippen molar-refractivity contribution in [2.45, 2.75) is 32.0 Å². The number of amides is 3. The molecule has 0 fully saturated rings. The van der Waals surface area contributed by atoms with Gasteiger partial charge < -0.3 is 21.1 Å². The number of hydrogen-bond donors (Lipinski definition) is 3. The molecule has 0 spiro atoms. The Kier molecular flexibility index (Phi) is 7.37. The Morgan fingerprint density at radius 2 is 1.56 bits per heavy atom. The van der Waals surface area contributed by atoms with Gasteiger partial charge in [-0.25, -0.2) is 4.79 Å². The van der Waals surface area contributed by atoms with Crippen LogP contribution >= 0.6 is 0 Å². The molecule has 7 heteroatoms. The summed E-state index contributed by atoms with van der Waals surface area (Å²) < 4.78 is 5.10. The summed E-state index contributed by atoms with van der Waals surface area (Å²) in [4.78, 5) is 35.8. The van der Waals surface area contributed by atoms with E-state index in [1.807, 2.05) is 67.6 Å². The summed E-state index contributed by atoms with van der Waals surface area (Å²) in [6.07, 6.45) is -1.12. The topological polar surface area (TPSA) is 111 Å². The van der Waals surface area contributed by atoms with Crippen molar-refractivity contribution in [3.05, 3.63) is 71.8 Å². The Balaban J connectivity index is 1.93. The Bertz CT molecular complexity index is 765. The number of carbonyl (C=O) groups is 3. The van der Waals surface area contributed by atoms with Crippen molar-refractivity contribution >= 4 is 17.9 Å². The second-order valence-electron chi connectivity index (χ2n) is 6.07. The van der Waals surface area contributed by atoms with E-state index in [-0.39, 0.29) is 19.1 Å².